The van der Waals surface area contributed by atoms with Gasteiger partial charge in [0.05, 0.1) is 6.04 Å². The van der Waals surface area contributed by atoms with Crippen molar-refractivity contribution >= 4 is 11.9 Å². The number of hydrogen-bond donors (Lipinski definition) is 2. The fourth-order valence-electron chi connectivity index (χ4n) is 3.16. The SMILES string of the molecule is CC(C)(C)CC(=O)C1C2CNCC2CN1C(=O)O. The van der Waals surface area contributed by atoms with Gasteiger partial charge < -0.3 is 10.4 Å². The van der Waals surface area contributed by atoms with Crippen LogP contribution in [0.1, 0.15) is 27.2 Å². The maximum Gasteiger partial charge on any atom is 0.407 e. The topological polar surface area (TPSA) is 69.6 Å². The summed E-state index contributed by atoms with van der Waals surface area (Å²) in [6.45, 7) is 8.11. The molecule has 2 fully saturated rings. The number of rotatable bonds is 2. The summed E-state index contributed by atoms with van der Waals surface area (Å²) < 4.78 is 0. The van der Waals surface area contributed by atoms with Crippen molar-refractivity contribution in [2.45, 2.75) is 33.2 Å². The largest absolute Gasteiger partial charge is 0.465 e. The van der Waals surface area contributed by atoms with Crippen LogP contribution in [0.4, 0.5) is 4.79 Å². The van der Waals surface area contributed by atoms with Crippen molar-refractivity contribution < 1.29 is 14.7 Å². The highest BCUT2D eigenvalue weighted by atomic mass is 16.4. The third-order valence-electron chi connectivity index (χ3n) is 3.84. The Morgan fingerprint density at radius 2 is 2.00 bits per heavy atom. The number of hydrogen-bond acceptors (Lipinski definition) is 3. The van der Waals surface area contributed by atoms with Crippen molar-refractivity contribution in [2.24, 2.45) is 17.3 Å². The molecule has 5 heteroatoms. The molecule has 2 rings (SSSR count). The van der Waals surface area contributed by atoms with E-state index in [0.717, 1.165) is 13.1 Å². The van der Waals surface area contributed by atoms with E-state index < -0.39 is 12.1 Å². The molecule has 0 aliphatic carbocycles. The Balaban J connectivity index is 2.16. The summed E-state index contributed by atoms with van der Waals surface area (Å²) in [7, 11) is 0. The van der Waals surface area contributed by atoms with Crippen LogP contribution in [0.25, 0.3) is 0 Å². The van der Waals surface area contributed by atoms with Gasteiger partial charge in [0.1, 0.15) is 0 Å². The molecule has 2 N–H and O–H groups in total. The highest BCUT2D eigenvalue weighted by Crippen LogP contribution is 2.35. The Hall–Kier alpha value is -1.10. The fourth-order valence-corrected chi connectivity index (χ4v) is 3.16. The maximum atomic E-state index is 12.4. The minimum Gasteiger partial charge on any atom is -0.465 e. The Bertz CT molecular complexity index is 362. The molecular weight excluding hydrogens is 232 g/mol. The van der Waals surface area contributed by atoms with Crippen LogP contribution in [-0.2, 0) is 4.79 Å². The second-order valence-electron chi connectivity index (χ2n) is 6.67. The second-order valence-corrected chi connectivity index (χ2v) is 6.67. The lowest BCUT2D eigenvalue weighted by atomic mass is 9.83. The molecule has 2 aliphatic rings. The van der Waals surface area contributed by atoms with E-state index in [-0.39, 0.29) is 17.1 Å². The summed E-state index contributed by atoms with van der Waals surface area (Å²) in [5.74, 6) is 0.534. The van der Waals surface area contributed by atoms with Crippen LogP contribution in [0.2, 0.25) is 0 Å². The number of carbonyl (C=O) groups excluding carboxylic acids is 1. The molecule has 3 unspecified atom stereocenters. The van der Waals surface area contributed by atoms with Crippen molar-refractivity contribution in [1.29, 1.82) is 0 Å². The molecule has 0 bridgehead atoms. The van der Waals surface area contributed by atoms with E-state index in [1.54, 1.807) is 0 Å². The van der Waals surface area contributed by atoms with Crippen LogP contribution in [0, 0.1) is 17.3 Å². The van der Waals surface area contributed by atoms with Crippen molar-refractivity contribution in [1.82, 2.24) is 10.2 Å². The molecule has 2 aliphatic heterocycles. The van der Waals surface area contributed by atoms with E-state index in [4.69, 9.17) is 0 Å². The number of fused-ring (bicyclic) bond motifs is 1. The van der Waals surface area contributed by atoms with Crippen LogP contribution in [0.3, 0.4) is 0 Å². The summed E-state index contributed by atoms with van der Waals surface area (Å²) in [6, 6.07) is -0.443. The zero-order chi connectivity index (χ0) is 13.5. The molecule has 2 heterocycles. The van der Waals surface area contributed by atoms with Crippen molar-refractivity contribution in [3.8, 4) is 0 Å². The predicted octanol–water partition coefficient (Wildman–Crippen LogP) is 1.19. The van der Waals surface area contributed by atoms with Gasteiger partial charge in [0.15, 0.2) is 5.78 Å². The van der Waals surface area contributed by atoms with Gasteiger partial charge in [-0.05, 0) is 11.3 Å². The molecular formula is C13H22N2O3. The van der Waals surface area contributed by atoms with E-state index in [0.29, 0.717) is 18.9 Å². The van der Waals surface area contributed by atoms with E-state index in [1.165, 1.54) is 4.90 Å². The van der Waals surface area contributed by atoms with Crippen LogP contribution in [0.15, 0.2) is 0 Å². The smallest absolute Gasteiger partial charge is 0.407 e. The highest BCUT2D eigenvalue weighted by Gasteiger charge is 2.49. The number of ketones is 1. The van der Waals surface area contributed by atoms with Gasteiger partial charge in [-0.25, -0.2) is 4.79 Å². The van der Waals surface area contributed by atoms with Crippen LogP contribution < -0.4 is 5.32 Å². The minimum absolute atomic E-state index is 0.0705. The molecule has 0 saturated carbocycles. The van der Waals surface area contributed by atoms with E-state index in [2.05, 4.69) is 5.32 Å². The molecule has 2 saturated heterocycles. The average molecular weight is 254 g/mol. The quantitative estimate of drug-likeness (QED) is 0.776. The number of Topliss-reactive ketones (excluding diaryl/α,β-unsaturated/α-hetero) is 1. The average Bonchev–Trinajstić information content (AvgIpc) is 2.70. The van der Waals surface area contributed by atoms with Crippen LogP contribution in [0.5, 0.6) is 0 Å². The minimum atomic E-state index is -0.961. The van der Waals surface area contributed by atoms with Crippen molar-refractivity contribution in [3.05, 3.63) is 0 Å². The Morgan fingerprint density at radius 3 is 2.56 bits per heavy atom. The zero-order valence-electron chi connectivity index (χ0n) is 11.3. The van der Waals surface area contributed by atoms with Gasteiger partial charge in [-0.15, -0.1) is 0 Å². The van der Waals surface area contributed by atoms with Gasteiger partial charge in [-0.2, -0.15) is 0 Å². The normalized spacial score (nSPS) is 31.5. The van der Waals surface area contributed by atoms with Crippen molar-refractivity contribution in [2.75, 3.05) is 19.6 Å². The summed E-state index contributed by atoms with van der Waals surface area (Å²) in [5, 5.41) is 12.5. The number of likely N-dealkylation sites (tertiary alicyclic amines) is 1. The maximum absolute atomic E-state index is 12.4. The lowest BCUT2D eigenvalue weighted by molar-refractivity contribution is -0.125. The molecule has 102 valence electrons. The lowest BCUT2D eigenvalue weighted by Crippen LogP contribution is -2.45. The van der Waals surface area contributed by atoms with E-state index in [9.17, 15) is 14.7 Å². The molecule has 0 aromatic carbocycles. The fraction of sp³-hybridized carbons (Fsp3) is 0.846. The summed E-state index contributed by atoms with van der Waals surface area (Å²) in [5.41, 5.74) is -0.0919. The number of amides is 1. The zero-order valence-corrected chi connectivity index (χ0v) is 11.3. The second kappa shape index (κ2) is 4.53. The van der Waals surface area contributed by atoms with Gasteiger partial charge in [0, 0.05) is 32.0 Å². The Kier molecular flexibility index (Phi) is 3.36. The molecule has 5 nitrogen and oxygen atoms in total. The van der Waals surface area contributed by atoms with Gasteiger partial charge in [0.2, 0.25) is 0 Å². The third kappa shape index (κ3) is 2.51. The first-order valence-corrected chi connectivity index (χ1v) is 6.52. The first-order valence-electron chi connectivity index (χ1n) is 6.52. The van der Waals surface area contributed by atoms with Crippen LogP contribution >= 0.6 is 0 Å². The molecule has 0 radical (unpaired) electrons. The first-order chi connectivity index (χ1) is 8.29. The molecule has 0 aromatic heterocycles. The number of carbonyl (C=O) groups is 2. The first kappa shape index (κ1) is 13.3. The van der Waals surface area contributed by atoms with Crippen molar-refractivity contribution in [3.63, 3.8) is 0 Å². The van der Waals surface area contributed by atoms with E-state index in [1.807, 2.05) is 20.8 Å². The number of carboxylic acid groups (broad SMARTS) is 1. The highest BCUT2D eigenvalue weighted by molar-refractivity contribution is 5.88. The molecule has 3 atom stereocenters. The van der Waals surface area contributed by atoms with Gasteiger partial charge in [0.25, 0.3) is 0 Å². The standard InChI is InChI=1S/C13H22N2O3/c1-13(2,3)4-10(16)11-9-6-14-5-8(9)7-15(11)12(17)18/h8-9,11,14H,4-7H2,1-3H3,(H,17,18). The number of nitrogens with zero attached hydrogens (tertiary/aromatic N) is 1. The predicted molar refractivity (Wildman–Crippen MR) is 67.4 cm³/mol. The van der Waals surface area contributed by atoms with Crippen LogP contribution in [-0.4, -0.2) is 47.6 Å². The van der Waals surface area contributed by atoms with Gasteiger partial charge >= 0.3 is 6.09 Å². The summed E-state index contributed by atoms with van der Waals surface area (Å²) >= 11 is 0. The molecule has 0 spiro atoms. The summed E-state index contributed by atoms with van der Waals surface area (Å²) in [4.78, 5) is 25.0. The number of nitrogens with one attached hydrogen (secondary N) is 1. The van der Waals surface area contributed by atoms with E-state index >= 15 is 0 Å². The lowest BCUT2D eigenvalue weighted by Gasteiger charge is -2.27. The monoisotopic (exact) mass is 254 g/mol. The van der Waals surface area contributed by atoms with Gasteiger partial charge in [-0.3, -0.25) is 9.69 Å². The van der Waals surface area contributed by atoms with Gasteiger partial charge in [-0.1, -0.05) is 20.8 Å². The Morgan fingerprint density at radius 1 is 1.33 bits per heavy atom. The molecule has 1 amide bonds. The summed E-state index contributed by atoms with van der Waals surface area (Å²) in [6.07, 6.45) is -0.526. The third-order valence-corrected chi connectivity index (χ3v) is 3.84. The Labute approximate surface area is 108 Å². The molecule has 0 aromatic rings. The molecule has 18 heavy (non-hydrogen) atoms.